The van der Waals surface area contributed by atoms with E-state index >= 15 is 0 Å². The Balaban J connectivity index is 2.15. The highest BCUT2D eigenvalue weighted by atomic mass is 28.3. The fourth-order valence-electron chi connectivity index (χ4n) is 4.72. The van der Waals surface area contributed by atoms with Crippen molar-refractivity contribution in [3.8, 4) is 11.4 Å². The van der Waals surface area contributed by atoms with Crippen molar-refractivity contribution in [1.29, 1.82) is 0 Å². The quantitative estimate of drug-likeness (QED) is 0.503. The molecule has 0 bridgehead atoms. The van der Waals surface area contributed by atoms with Crippen LogP contribution in [0, 0.1) is 6.92 Å². The van der Waals surface area contributed by atoms with Crippen LogP contribution in [0.2, 0.25) is 18.1 Å². The van der Waals surface area contributed by atoms with Gasteiger partial charge in [-0.25, -0.2) is 4.98 Å². The van der Waals surface area contributed by atoms with Crippen LogP contribution in [-0.4, -0.2) is 17.6 Å². The Morgan fingerprint density at radius 2 is 1.81 bits per heavy atom. The Kier molecular flexibility index (Phi) is 4.11. The lowest BCUT2D eigenvalue weighted by Gasteiger charge is -2.32. The lowest BCUT2D eigenvalue weighted by molar-refractivity contribution is 0.805. The molecule has 0 atom stereocenters. The normalized spacial score (nSPS) is 13.1. The van der Waals surface area contributed by atoms with Gasteiger partial charge in [0.15, 0.2) is 0 Å². The van der Waals surface area contributed by atoms with Gasteiger partial charge in [-0.15, -0.1) is 0 Å². The Labute approximate surface area is 155 Å². The van der Waals surface area contributed by atoms with Gasteiger partial charge in [-0.05, 0) is 35.9 Å². The molecule has 0 N–H and O–H groups in total. The molecule has 26 heavy (non-hydrogen) atoms. The summed E-state index contributed by atoms with van der Waals surface area (Å²) in [5, 5.41) is 2.87. The summed E-state index contributed by atoms with van der Waals surface area (Å²) in [6.45, 7) is 9.87. The molecule has 0 radical (unpaired) electrons. The van der Waals surface area contributed by atoms with Crippen LogP contribution in [0.4, 0.5) is 0 Å². The summed E-state index contributed by atoms with van der Waals surface area (Å²) < 4.78 is 1.90. The Hall–Kier alpha value is -2.20. The van der Waals surface area contributed by atoms with Gasteiger partial charge in [-0.2, -0.15) is 0 Å². The third kappa shape index (κ3) is 2.32. The first-order valence-electron chi connectivity index (χ1n) is 9.68. The van der Waals surface area contributed by atoms with Crippen molar-refractivity contribution in [3.63, 3.8) is 0 Å². The average Bonchev–Trinajstić information content (AvgIpc) is 3.02. The van der Waals surface area contributed by atoms with Crippen LogP contribution in [0.15, 0.2) is 41.2 Å². The van der Waals surface area contributed by atoms with Crippen molar-refractivity contribution in [2.45, 2.75) is 52.4 Å². The number of benzene rings is 1. The van der Waals surface area contributed by atoms with Crippen LogP contribution in [0.3, 0.4) is 0 Å². The third-order valence-electron chi connectivity index (χ3n) is 6.41. The maximum atomic E-state index is 12.4. The number of nitrogens with zero attached hydrogens (tertiary/aromatic N) is 2. The number of pyridine rings is 2. The number of fused-ring (bicyclic) bond motifs is 4. The van der Waals surface area contributed by atoms with Crippen molar-refractivity contribution < 1.29 is 0 Å². The van der Waals surface area contributed by atoms with Gasteiger partial charge in [0, 0.05) is 11.5 Å². The molecule has 3 heterocycles. The molecule has 0 fully saturated rings. The van der Waals surface area contributed by atoms with Gasteiger partial charge in [-0.3, -0.25) is 4.79 Å². The fourth-order valence-corrected chi connectivity index (χ4v) is 8.89. The predicted octanol–water partition coefficient (Wildman–Crippen LogP) is 4.45. The summed E-state index contributed by atoms with van der Waals surface area (Å²) in [6, 6.07) is 15.8. The minimum atomic E-state index is -1.65. The van der Waals surface area contributed by atoms with Crippen molar-refractivity contribution in [2.75, 3.05) is 0 Å². The number of aryl methyl sites for hydroxylation is 1. The number of rotatable bonds is 4. The first kappa shape index (κ1) is 17.2. The van der Waals surface area contributed by atoms with E-state index in [1.54, 1.807) is 11.3 Å². The molecule has 0 unspecified atom stereocenters. The minimum absolute atomic E-state index is 0.0726. The molecule has 1 aliphatic heterocycles. The number of hydrogen-bond acceptors (Lipinski definition) is 2. The maximum Gasteiger partial charge on any atom is 0.251 e. The minimum Gasteiger partial charge on any atom is -0.302 e. The molecule has 2 aromatic heterocycles. The summed E-state index contributed by atoms with van der Waals surface area (Å²) in [5.74, 6) is 0. The van der Waals surface area contributed by atoms with E-state index in [-0.39, 0.29) is 5.56 Å². The molecule has 0 saturated carbocycles. The molecule has 0 amide bonds. The highest BCUT2D eigenvalue weighted by Crippen LogP contribution is 2.34. The van der Waals surface area contributed by atoms with Gasteiger partial charge in [0.25, 0.3) is 5.56 Å². The zero-order valence-corrected chi connectivity index (χ0v) is 17.1. The topological polar surface area (TPSA) is 34.9 Å². The summed E-state index contributed by atoms with van der Waals surface area (Å²) in [6.07, 6.45) is 0. The van der Waals surface area contributed by atoms with Gasteiger partial charge in [-0.1, -0.05) is 56.6 Å². The SMILES string of the molecule is CC[Si](CC)(CC)c1c2c(nc3ccc(C)cc13)-c1cccc(=O)n1C2. The van der Waals surface area contributed by atoms with E-state index < -0.39 is 8.07 Å². The zero-order chi connectivity index (χ0) is 18.5. The lowest BCUT2D eigenvalue weighted by Crippen LogP contribution is -2.48. The van der Waals surface area contributed by atoms with Crippen LogP contribution in [0.25, 0.3) is 22.3 Å². The third-order valence-corrected chi connectivity index (χ3v) is 12.1. The molecule has 3 aromatic rings. The fraction of sp³-hybridized carbons (Fsp3) is 0.364. The number of aromatic nitrogens is 2. The molecule has 0 spiro atoms. The van der Waals surface area contributed by atoms with Crippen molar-refractivity contribution >= 4 is 24.2 Å². The highest BCUT2D eigenvalue weighted by Gasteiger charge is 2.37. The summed E-state index contributed by atoms with van der Waals surface area (Å²) in [4.78, 5) is 17.5. The highest BCUT2D eigenvalue weighted by molar-refractivity contribution is 6.93. The second kappa shape index (κ2) is 6.20. The zero-order valence-electron chi connectivity index (χ0n) is 16.1. The second-order valence-electron chi connectivity index (χ2n) is 7.51. The summed E-state index contributed by atoms with van der Waals surface area (Å²) in [7, 11) is -1.65. The Morgan fingerprint density at radius 1 is 1.08 bits per heavy atom. The van der Waals surface area contributed by atoms with Crippen LogP contribution in [-0.2, 0) is 6.54 Å². The van der Waals surface area contributed by atoms with E-state index in [0.29, 0.717) is 6.54 Å². The summed E-state index contributed by atoms with van der Waals surface area (Å²) >= 11 is 0. The molecule has 4 rings (SSSR count). The van der Waals surface area contributed by atoms with E-state index in [2.05, 4.69) is 45.9 Å². The molecule has 0 saturated heterocycles. The lowest BCUT2D eigenvalue weighted by atomic mass is 10.1. The van der Waals surface area contributed by atoms with Crippen molar-refractivity contribution in [3.05, 3.63) is 57.9 Å². The van der Waals surface area contributed by atoms with Crippen molar-refractivity contribution in [1.82, 2.24) is 9.55 Å². The molecule has 3 nitrogen and oxygen atoms in total. The molecule has 1 aromatic carbocycles. The Morgan fingerprint density at radius 3 is 2.50 bits per heavy atom. The van der Waals surface area contributed by atoms with E-state index in [1.807, 2.05) is 16.7 Å². The van der Waals surface area contributed by atoms with Crippen LogP contribution in [0.5, 0.6) is 0 Å². The molecular formula is C22H26N2OSi. The molecule has 1 aliphatic rings. The molecular weight excluding hydrogens is 336 g/mol. The maximum absolute atomic E-state index is 12.4. The standard InChI is InChI=1S/C22H26N2OSi/c1-5-26(6-2,7-3)22-16-13-15(4)11-12-18(16)23-21-17(22)14-24-19(21)9-8-10-20(24)25/h8-13H,5-7,14H2,1-4H3. The molecule has 134 valence electrons. The average molecular weight is 363 g/mol. The first-order valence-corrected chi connectivity index (χ1v) is 12.3. The van der Waals surface area contributed by atoms with Gasteiger partial charge in [0.2, 0.25) is 0 Å². The van der Waals surface area contributed by atoms with Gasteiger partial charge in [0.05, 0.1) is 31.5 Å². The van der Waals surface area contributed by atoms with Gasteiger partial charge in [0.1, 0.15) is 0 Å². The van der Waals surface area contributed by atoms with E-state index in [1.165, 1.54) is 34.6 Å². The van der Waals surface area contributed by atoms with E-state index in [0.717, 1.165) is 16.9 Å². The number of hydrogen-bond donors (Lipinski definition) is 0. The smallest absolute Gasteiger partial charge is 0.251 e. The second-order valence-corrected chi connectivity index (χ2v) is 12.7. The molecule has 4 heteroatoms. The largest absolute Gasteiger partial charge is 0.302 e. The van der Waals surface area contributed by atoms with Gasteiger partial charge >= 0.3 is 0 Å². The summed E-state index contributed by atoms with van der Waals surface area (Å²) in [5.41, 5.74) is 5.73. The Bertz CT molecular complexity index is 1060. The van der Waals surface area contributed by atoms with E-state index in [9.17, 15) is 4.79 Å². The van der Waals surface area contributed by atoms with Crippen molar-refractivity contribution in [2.24, 2.45) is 0 Å². The predicted molar refractivity (Wildman–Crippen MR) is 112 cm³/mol. The first-order chi connectivity index (χ1) is 12.5. The van der Waals surface area contributed by atoms with Crippen LogP contribution >= 0.6 is 0 Å². The molecule has 0 aliphatic carbocycles. The van der Waals surface area contributed by atoms with Crippen LogP contribution < -0.4 is 10.7 Å². The van der Waals surface area contributed by atoms with E-state index in [4.69, 9.17) is 4.98 Å². The van der Waals surface area contributed by atoms with Gasteiger partial charge < -0.3 is 4.57 Å². The monoisotopic (exact) mass is 362 g/mol. The van der Waals surface area contributed by atoms with Crippen LogP contribution in [0.1, 0.15) is 31.9 Å².